The first-order chi connectivity index (χ1) is 27.1. The van der Waals surface area contributed by atoms with Crippen LogP contribution in [-0.4, -0.2) is 66.8 Å². The summed E-state index contributed by atoms with van der Waals surface area (Å²) in [5.41, 5.74) is 5.59. The first-order valence-corrected chi connectivity index (χ1v) is 20.2. The molecule has 1 saturated heterocycles. The van der Waals surface area contributed by atoms with Gasteiger partial charge in [-0.25, -0.2) is 0 Å². The van der Waals surface area contributed by atoms with E-state index >= 15 is 0 Å². The zero-order valence-electron chi connectivity index (χ0n) is 31.7. The summed E-state index contributed by atoms with van der Waals surface area (Å²) in [4.78, 5) is 26.4. The van der Waals surface area contributed by atoms with Crippen molar-refractivity contribution in [2.45, 2.75) is 84.4 Å². The smallest absolute Gasteiger partial charge is 0.272 e. The van der Waals surface area contributed by atoms with Crippen LogP contribution in [0.5, 0.6) is 5.75 Å². The molecule has 284 valence electrons. The summed E-state index contributed by atoms with van der Waals surface area (Å²) >= 11 is 7.89. The van der Waals surface area contributed by atoms with E-state index < -0.39 is 0 Å². The number of aromatic nitrogens is 6. The Bertz CT molecular complexity index is 2410. The summed E-state index contributed by atoms with van der Waals surface area (Å²) in [6.45, 7) is 9.93. The van der Waals surface area contributed by atoms with Gasteiger partial charge in [0.2, 0.25) is 0 Å². The third kappa shape index (κ3) is 7.62. The van der Waals surface area contributed by atoms with Crippen molar-refractivity contribution in [2.75, 3.05) is 18.0 Å². The van der Waals surface area contributed by atoms with E-state index in [4.69, 9.17) is 31.6 Å². The predicted molar refractivity (Wildman–Crippen MR) is 216 cm³/mol. The summed E-state index contributed by atoms with van der Waals surface area (Å²) in [5.74, 6) is 9.98. The molecule has 2 fully saturated rings. The van der Waals surface area contributed by atoms with Crippen LogP contribution >= 0.6 is 22.9 Å². The van der Waals surface area contributed by atoms with Crippen molar-refractivity contribution in [3.63, 3.8) is 0 Å². The van der Waals surface area contributed by atoms with Gasteiger partial charge in [0, 0.05) is 53.3 Å². The lowest BCUT2D eigenvalue weighted by Crippen LogP contribution is -2.40. The predicted octanol–water partition coefficient (Wildman–Crippen LogP) is 7.26. The van der Waals surface area contributed by atoms with E-state index in [1.165, 1.54) is 10.4 Å². The first-order valence-electron chi connectivity index (χ1n) is 19.0. The molecule has 1 atom stereocenters. The highest BCUT2D eigenvalue weighted by Gasteiger charge is 2.30. The molecule has 1 N–H and O–H groups in total. The lowest BCUT2D eigenvalue weighted by molar-refractivity contribution is 0.0888. The Morgan fingerprint density at radius 1 is 0.982 bits per heavy atom. The summed E-state index contributed by atoms with van der Waals surface area (Å²) in [6.07, 6.45) is 6.88. The second kappa shape index (κ2) is 15.8. The maximum atomic E-state index is 13.0. The number of carbonyl (C=O) groups excluding carboxylic acids is 1. The van der Waals surface area contributed by atoms with Crippen LogP contribution in [0.3, 0.4) is 0 Å². The summed E-state index contributed by atoms with van der Waals surface area (Å²) < 4.78 is 8.22. The highest BCUT2D eigenvalue weighted by Crippen LogP contribution is 2.38. The molecule has 1 saturated carbocycles. The van der Waals surface area contributed by atoms with Crippen molar-refractivity contribution < 1.29 is 9.53 Å². The van der Waals surface area contributed by atoms with Gasteiger partial charge >= 0.3 is 0 Å². The van der Waals surface area contributed by atoms with E-state index in [1.807, 2.05) is 31.3 Å². The maximum Gasteiger partial charge on any atom is 0.272 e. The molecule has 14 heteroatoms. The Kier molecular flexibility index (Phi) is 10.6. The van der Waals surface area contributed by atoms with Crippen LogP contribution in [0.15, 0.2) is 53.7 Å². The average molecular weight is 785 g/mol. The van der Waals surface area contributed by atoms with Crippen LogP contribution in [0.1, 0.15) is 106 Å². The molecule has 2 aliphatic heterocycles. The second-order valence-electron chi connectivity index (χ2n) is 14.6. The van der Waals surface area contributed by atoms with Gasteiger partial charge in [-0.2, -0.15) is 5.26 Å². The third-order valence-electron chi connectivity index (χ3n) is 10.9. The number of hydrogen-bond acceptors (Lipinski definition) is 11. The number of ether oxygens (including phenoxy) is 1. The van der Waals surface area contributed by atoms with Crippen LogP contribution in [0.25, 0.3) is 5.00 Å². The SMILES string of the molecule is Cc1sc2c(c1C)C(c1ccc(C#CC3CCN(c4ccc(C(=O)N[C@H]5CC[C@H](Oc6ccc(C#N)c(Cl)c6)CC5)nn4)CC3)cn1)=N[C@@H](C)c1nnc(C)n1-2. The van der Waals surface area contributed by atoms with Crippen LogP contribution in [0, 0.1) is 49.9 Å². The highest BCUT2D eigenvalue weighted by molar-refractivity contribution is 7.15. The van der Waals surface area contributed by atoms with E-state index in [0.717, 1.165) is 96.6 Å². The number of fused-ring (bicyclic) bond motifs is 3. The number of nitrogens with one attached hydrogen (secondary N) is 1. The van der Waals surface area contributed by atoms with Gasteiger partial charge in [-0.05, 0) is 108 Å². The molecular weight excluding hydrogens is 744 g/mol. The first kappa shape index (κ1) is 37.3. The van der Waals surface area contributed by atoms with E-state index in [1.54, 1.807) is 35.6 Å². The number of nitrogens with zero attached hydrogens (tertiary/aromatic N) is 9. The molecule has 56 heavy (non-hydrogen) atoms. The lowest BCUT2D eigenvalue weighted by Gasteiger charge is -2.30. The highest BCUT2D eigenvalue weighted by atomic mass is 35.5. The van der Waals surface area contributed by atoms with Gasteiger partial charge in [-0.3, -0.25) is 19.3 Å². The van der Waals surface area contributed by atoms with Gasteiger partial charge in [0.15, 0.2) is 17.3 Å². The number of rotatable bonds is 6. The van der Waals surface area contributed by atoms with E-state index in [9.17, 15) is 4.79 Å². The molecule has 4 aromatic heterocycles. The number of carbonyl (C=O) groups is 1. The van der Waals surface area contributed by atoms with Gasteiger partial charge in [0.05, 0.1) is 28.1 Å². The van der Waals surface area contributed by atoms with Crippen molar-refractivity contribution in [3.8, 4) is 28.7 Å². The normalized spacial score (nSPS) is 19.4. The Morgan fingerprint density at radius 3 is 2.48 bits per heavy atom. The molecule has 1 aromatic carbocycles. The molecule has 0 bridgehead atoms. The molecule has 0 spiro atoms. The number of piperidine rings is 1. The topological polar surface area (TPSA) is 147 Å². The molecule has 12 nitrogen and oxygen atoms in total. The number of amides is 1. The monoisotopic (exact) mass is 784 g/mol. The number of nitriles is 1. The largest absolute Gasteiger partial charge is 0.490 e. The molecule has 0 unspecified atom stereocenters. The number of anilines is 1. The number of thiophene rings is 1. The number of aryl methyl sites for hydroxylation is 2. The van der Waals surface area contributed by atoms with Gasteiger partial charge < -0.3 is 15.0 Å². The zero-order valence-corrected chi connectivity index (χ0v) is 33.3. The van der Waals surface area contributed by atoms with Crippen molar-refractivity contribution >= 4 is 40.4 Å². The summed E-state index contributed by atoms with van der Waals surface area (Å²) in [5, 5.41) is 31.2. The van der Waals surface area contributed by atoms with E-state index in [0.29, 0.717) is 22.0 Å². The van der Waals surface area contributed by atoms with Crippen LogP contribution in [0.2, 0.25) is 5.02 Å². The van der Waals surface area contributed by atoms with Crippen LogP contribution < -0.4 is 15.0 Å². The standard InChI is InChI=1S/C42H41ClN10O2S/c1-24-26(3)56-42-38(24)39(46-25(2)40-51-48-27(4)53(40)42)35-14-7-29(23-45-35)6-5-28-17-19-52(20-18-28)37-16-15-36(49-50-37)41(54)47-31-9-12-32(13-10-31)55-33-11-8-30(22-44)34(43)21-33/h7-8,11,14-16,21,23,25,28,31-32H,9-10,12-13,17-20H2,1-4H3,(H,47,54)/t25-,31-,32-/m0/s1. The third-order valence-corrected chi connectivity index (χ3v) is 12.4. The molecule has 1 amide bonds. The molecule has 0 radical (unpaired) electrons. The van der Waals surface area contributed by atoms with E-state index in [2.05, 4.69) is 73.9 Å². The van der Waals surface area contributed by atoms with Crippen molar-refractivity contribution in [1.82, 2.24) is 35.3 Å². The van der Waals surface area contributed by atoms with Gasteiger partial charge in [-0.1, -0.05) is 23.4 Å². The van der Waals surface area contributed by atoms with Gasteiger partial charge in [-0.15, -0.1) is 31.7 Å². The molecule has 1 aliphatic carbocycles. The van der Waals surface area contributed by atoms with Gasteiger partial charge in [0.25, 0.3) is 5.91 Å². The van der Waals surface area contributed by atoms with Crippen LogP contribution in [0.4, 0.5) is 5.82 Å². The minimum Gasteiger partial charge on any atom is -0.490 e. The molecular formula is C42H41ClN10O2S. The molecule has 5 aromatic rings. The number of aliphatic imine (C=N–C) groups is 1. The molecule has 8 rings (SSSR count). The Hall–Kier alpha value is -5.63. The molecule has 6 heterocycles. The molecule has 3 aliphatic rings. The Morgan fingerprint density at radius 2 is 1.79 bits per heavy atom. The lowest BCUT2D eigenvalue weighted by atomic mass is 9.93. The minimum absolute atomic E-state index is 0.0293. The fourth-order valence-corrected chi connectivity index (χ4v) is 8.98. The maximum absolute atomic E-state index is 13.0. The van der Waals surface area contributed by atoms with E-state index in [-0.39, 0.29) is 30.0 Å². The van der Waals surface area contributed by atoms with Crippen molar-refractivity contribution in [3.05, 3.63) is 104 Å². The zero-order chi connectivity index (χ0) is 38.9. The minimum atomic E-state index is -0.220. The quantitative estimate of drug-likeness (QED) is 0.176. The number of hydrogen-bond donors (Lipinski definition) is 1. The van der Waals surface area contributed by atoms with Crippen LogP contribution in [-0.2, 0) is 0 Å². The van der Waals surface area contributed by atoms with Crippen molar-refractivity contribution in [1.29, 1.82) is 5.26 Å². The fourth-order valence-electron chi connectivity index (χ4n) is 7.55. The fraction of sp³-hybridized carbons (Fsp3) is 0.381. The number of halogens is 1. The Labute approximate surface area is 335 Å². The average Bonchev–Trinajstić information content (AvgIpc) is 3.70. The summed E-state index contributed by atoms with van der Waals surface area (Å²) in [6, 6.07) is 14.7. The second-order valence-corrected chi connectivity index (χ2v) is 16.2. The van der Waals surface area contributed by atoms with Crippen molar-refractivity contribution in [2.24, 2.45) is 10.9 Å². The summed E-state index contributed by atoms with van der Waals surface area (Å²) in [7, 11) is 0. The number of pyridine rings is 1. The van der Waals surface area contributed by atoms with Gasteiger partial charge in [0.1, 0.15) is 28.7 Å². The Balaban J connectivity index is 0.824. The number of benzene rings is 1.